The predicted molar refractivity (Wildman–Crippen MR) is 115 cm³/mol. The predicted octanol–water partition coefficient (Wildman–Crippen LogP) is 3.97. The number of piperidine rings is 1. The van der Waals surface area contributed by atoms with Crippen LogP contribution >= 0.6 is 0 Å². The first-order chi connectivity index (χ1) is 13.7. The summed E-state index contributed by atoms with van der Waals surface area (Å²) in [5, 5.41) is 3.52. The van der Waals surface area contributed by atoms with E-state index in [4.69, 9.17) is 14.5 Å². The van der Waals surface area contributed by atoms with E-state index < -0.39 is 0 Å². The van der Waals surface area contributed by atoms with E-state index in [1.807, 2.05) is 6.07 Å². The largest absolute Gasteiger partial charge is 0.497 e. The molecule has 156 valence electrons. The first-order valence-electron chi connectivity index (χ1n) is 11.0. The molecule has 0 radical (unpaired) electrons. The average molecular weight is 388 g/mol. The zero-order valence-corrected chi connectivity index (χ0v) is 17.9. The molecule has 1 aromatic carbocycles. The fourth-order valence-electron chi connectivity index (χ4n) is 4.66. The molecule has 5 heteroatoms. The number of hydrogen-bond acceptors (Lipinski definition) is 3. The molecule has 1 aliphatic carbocycles. The molecule has 0 bridgehead atoms. The molecule has 1 saturated heterocycles. The molecule has 0 unspecified atom stereocenters. The molecule has 1 heterocycles. The van der Waals surface area contributed by atoms with Crippen LogP contribution in [-0.4, -0.2) is 56.9 Å². The van der Waals surface area contributed by atoms with Gasteiger partial charge < -0.3 is 19.7 Å². The number of guanidine groups is 1. The van der Waals surface area contributed by atoms with Gasteiger partial charge in [-0.15, -0.1) is 0 Å². The number of aliphatic imine (C=N–C) groups is 1. The summed E-state index contributed by atoms with van der Waals surface area (Å²) in [4.78, 5) is 7.55. The summed E-state index contributed by atoms with van der Waals surface area (Å²) in [6, 6.07) is 8.61. The number of nitrogens with zero attached hydrogens (tertiary/aromatic N) is 2. The molecule has 0 amide bonds. The fraction of sp³-hybridized carbons (Fsp3) is 0.696. The quantitative estimate of drug-likeness (QED) is 0.568. The number of hydrogen-bond donors (Lipinski definition) is 1. The number of rotatable bonds is 7. The highest BCUT2D eigenvalue weighted by Crippen LogP contribution is 2.42. The lowest BCUT2D eigenvalue weighted by Gasteiger charge is -2.35. The molecule has 1 N–H and O–H groups in total. The molecule has 2 fully saturated rings. The normalized spacial score (nSPS) is 20.4. The number of likely N-dealkylation sites (tertiary alicyclic amines) is 1. The van der Waals surface area contributed by atoms with Crippen molar-refractivity contribution in [3.05, 3.63) is 29.8 Å². The SMILES string of the molecule is CCNC(=NCC1(c2cccc(OC)c2)CCCC1)N1CCC(OCC)CC1. The Hall–Kier alpha value is -1.75. The number of benzene rings is 1. The Balaban J connectivity index is 1.74. The maximum Gasteiger partial charge on any atom is 0.193 e. The van der Waals surface area contributed by atoms with E-state index in [2.05, 4.69) is 42.3 Å². The monoisotopic (exact) mass is 387 g/mol. The zero-order valence-electron chi connectivity index (χ0n) is 17.9. The van der Waals surface area contributed by atoms with Gasteiger partial charge in [0.25, 0.3) is 0 Å². The average Bonchev–Trinajstić information content (AvgIpc) is 3.22. The first-order valence-corrected chi connectivity index (χ1v) is 11.0. The van der Waals surface area contributed by atoms with Crippen LogP contribution in [0.2, 0.25) is 0 Å². The summed E-state index contributed by atoms with van der Waals surface area (Å²) in [7, 11) is 1.74. The zero-order chi connectivity index (χ0) is 19.8. The fourth-order valence-corrected chi connectivity index (χ4v) is 4.66. The van der Waals surface area contributed by atoms with Crippen molar-refractivity contribution in [1.29, 1.82) is 0 Å². The van der Waals surface area contributed by atoms with Crippen LogP contribution < -0.4 is 10.1 Å². The Morgan fingerprint density at radius 3 is 2.61 bits per heavy atom. The molecule has 0 aromatic heterocycles. The van der Waals surface area contributed by atoms with Crippen molar-refractivity contribution in [2.75, 3.05) is 39.9 Å². The lowest BCUT2D eigenvalue weighted by atomic mass is 9.79. The van der Waals surface area contributed by atoms with E-state index in [0.29, 0.717) is 6.10 Å². The van der Waals surface area contributed by atoms with Gasteiger partial charge in [0.05, 0.1) is 19.8 Å². The van der Waals surface area contributed by atoms with Gasteiger partial charge in [0, 0.05) is 31.7 Å². The van der Waals surface area contributed by atoms with E-state index in [1.165, 1.54) is 31.2 Å². The molecule has 1 saturated carbocycles. The highest BCUT2D eigenvalue weighted by atomic mass is 16.5. The number of ether oxygens (including phenoxy) is 2. The summed E-state index contributed by atoms with van der Waals surface area (Å²) < 4.78 is 11.3. The van der Waals surface area contributed by atoms with Crippen molar-refractivity contribution in [3.63, 3.8) is 0 Å². The highest BCUT2D eigenvalue weighted by molar-refractivity contribution is 5.80. The van der Waals surface area contributed by atoms with Crippen LogP contribution in [0.4, 0.5) is 0 Å². The van der Waals surface area contributed by atoms with Gasteiger partial charge in [0.1, 0.15) is 5.75 Å². The molecule has 1 aliphatic heterocycles. The third kappa shape index (κ3) is 4.99. The highest BCUT2D eigenvalue weighted by Gasteiger charge is 2.36. The third-order valence-corrected chi connectivity index (χ3v) is 6.25. The van der Waals surface area contributed by atoms with Gasteiger partial charge in [0.15, 0.2) is 5.96 Å². The van der Waals surface area contributed by atoms with Crippen molar-refractivity contribution in [1.82, 2.24) is 10.2 Å². The van der Waals surface area contributed by atoms with Crippen molar-refractivity contribution in [2.24, 2.45) is 4.99 Å². The Bertz CT molecular complexity index is 632. The second-order valence-electron chi connectivity index (χ2n) is 8.03. The summed E-state index contributed by atoms with van der Waals surface area (Å²) in [5.41, 5.74) is 1.51. The molecule has 5 nitrogen and oxygen atoms in total. The van der Waals surface area contributed by atoms with Gasteiger partial charge >= 0.3 is 0 Å². The molecule has 1 aromatic rings. The molecule has 0 spiro atoms. The van der Waals surface area contributed by atoms with Crippen LogP contribution in [0.3, 0.4) is 0 Å². The Morgan fingerprint density at radius 1 is 1.21 bits per heavy atom. The first kappa shape index (κ1) is 21.0. The van der Waals surface area contributed by atoms with Crippen LogP contribution in [0, 0.1) is 0 Å². The molecule has 28 heavy (non-hydrogen) atoms. The van der Waals surface area contributed by atoms with Gasteiger partial charge in [-0.1, -0.05) is 25.0 Å². The maximum absolute atomic E-state index is 5.81. The van der Waals surface area contributed by atoms with Gasteiger partial charge in [0.2, 0.25) is 0 Å². The second-order valence-corrected chi connectivity index (χ2v) is 8.03. The van der Waals surface area contributed by atoms with Crippen molar-refractivity contribution >= 4 is 5.96 Å². The van der Waals surface area contributed by atoms with E-state index in [1.54, 1.807) is 7.11 Å². The third-order valence-electron chi connectivity index (χ3n) is 6.25. The van der Waals surface area contributed by atoms with E-state index in [0.717, 1.165) is 57.3 Å². The van der Waals surface area contributed by atoms with Crippen LogP contribution in [0.15, 0.2) is 29.3 Å². The van der Waals surface area contributed by atoms with Gasteiger partial charge in [-0.2, -0.15) is 0 Å². The molecular weight excluding hydrogens is 350 g/mol. The Morgan fingerprint density at radius 2 is 1.96 bits per heavy atom. The van der Waals surface area contributed by atoms with E-state index >= 15 is 0 Å². The van der Waals surface area contributed by atoms with E-state index in [9.17, 15) is 0 Å². The minimum Gasteiger partial charge on any atom is -0.497 e. The van der Waals surface area contributed by atoms with Gasteiger partial charge in [-0.3, -0.25) is 4.99 Å². The lowest BCUT2D eigenvalue weighted by Crippen LogP contribution is -2.47. The molecule has 2 aliphatic rings. The Labute approximate surface area is 170 Å². The summed E-state index contributed by atoms with van der Waals surface area (Å²) >= 11 is 0. The topological polar surface area (TPSA) is 46.1 Å². The summed E-state index contributed by atoms with van der Waals surface area (Å²) in [5.74, 6) is 2.00. The van der Waals surface area contributed by atoms with Gasteiger partial charge in [-0.25, -0.2) is 0 Å². The number of nitrogens with one attached hydrogen (secondary N) is 1. The van der Waals surface area contributed by atoms with Crippen LogP contribution in [0.5, 0.6) is 5.75 Å². The standard InChI is InChI=1S/C23H37N3O2/c1-4-24-22(26-15-11-20(12-16-26)28-5-2)25-18-23(13-6-7-14-23)19-9-8-10-21(17-19)27-3/h8-10,17,20H,4-7,11-16,18H2,1-3H3,(H,24,25). The number of methoxy groups -OCH3 is 1. The lowest BCUT2D eigenvalue weighted by molar-refractivity contribution is 0.0263. The summed E-state index contributed by atoms with van der Waals surface area (Å²) in [6.45, 7) is 8.81. The van der Waals surface area contributed by atoms with Crippen LogP contribution in [0.1, 0.15) is 57.9 Å². The molecule has 0 atom stereocenters. The summed E-state index contributed by atoms with van der Waals surface area (Å²) in [6.07, 6.45) is 7.54. The van der Waals surface area contributed by atoms with E-state index in [-0.39, 0.29) is 5.41 Å². The molecular formula is C23H37N3O2. The van der Waals surface area contributed by atoms with Crippen molar-refractivity contribution < 1.29 is 9.47 Å². The van der Waals surface area contributed by atoms with Crippen molar-refractivity contribution in [2.45, 2.75) is 63.9 Å². The van der Waals surface area contributed by atoms with Gasteiger partial charge in [-0.05, 0) is 57.2 Å². The molecule has 3 rings (SSSR count). The van der Waals surface area contributed by atoms with Crippen LogP contribution in [0.25, 0.3) is 0 Å². The Kier molecular flexibility index (Phi) is 7.60. The minimum absolute atomic E-state index is 0.138. The smallest absolute Gasteiger partial charge is 0.193 e. The van der Waals surface area contributed by atoms with Crippen LogP contribution in [-0.2, 0) is 10.2 Å². The minimum atomic E-state index is 0.138. The second kappa shape index (κ2) is 10.1. The van der Waals surface area contributed by atoms with Crippen molar-refractivity contribution in [3.8, 4) is 5.75 Å². The maximum atomic E-state index is 5.81.